The Labute approximate surface area is 127 Å². The van der Waals surface area contributed by atoms with Crippen molar-refractivity contribution in [3.63, 3.8) is 0 Å². The Morgan fingerprint density at radius 3 is 2.90 bits per heavy atom. The molecule has 102 valence electrons. The molecule has 20 heavy (non-hydrogen) atoms. The van der Waals surface area contributed by atoms with Gasteiger partial charge >= 0.3 is 0 Å². The van der Waals surface area contributed by atoms with Gasteiger partial charge in [-0.3, -0.25) is 4.98 Å². The number of hydrogen-bond donors (Lipinski definition) is 1. The van der Waals surface area contributed by atoms with Gasteiger partial charge in [-0.1, -0.05) is 17.7 Å². The Hall–Kier alpha value is -1.58. The van der Waals surface area contributed by atoms with E-state index in [1.807, 2.05) is 25.3 Å². The van der Waals surface area contributed by atoms with Crippen LogP contribution in [0.5, 0.6) is 0 Å². The quantitative estimate of drug-likeness (QED) is 0.697. The average molecular weight is 303 g/mol. The normalized spacial score (nSPS) is 12.6. The molecular formula is C16H15ClN2S. The fourth-order valence-corrected chi connectivity index (χ4v) is 3.41. The molecule has 4 heteroatoms. The summed E-state index contributed by atoms with van der Waals surface area (Å²) in [6, 6.07) is 10.4. The monoisotopic (exact) mass is 302 g/mol. The Balaban J connectivity index is 2.07. The van der Waals surface area contributed by atoms with Crippen LogP contribution in [0, 0.1) is 6.92 Å². The van der Waals surface area contributed by atoms with Gasteiger partial charge in [0.1, 0.15) is 0 Å². The fraction of sp³-hybridized carbons (Fsp3) is 0.188. The van der Waals surface area contributed by atoms with Gasteiger partial charge < -0.3 is 5.32 Å². The summed E-state index contributed by atoms with van der Waals surface area (Å²) in [5.74, 6) is 0. The number of rotatable bonds is 3. The van der Waals surface area contributed by atoms with Gasteiger partial charge in [-0.05, 0) is 49.1 Å². The van der Waals surface area contributed by atoms with Crippen LogP contribution in [0.2, 0.25) is 5.02 Å². The molecule has 1 atom stereocenters. The number of halogens is 1. The van der Waals surface area contributed by atoms with E-state index in [1.54, 1.807) is 11.3 Å². The van der Waals surface area contributed by atoms with Crippen LogP contribution in [0.25, 0.3) is 10.9 Å². The van der Waals surface area contributed by atoms with Crippen molar-refractivity contribution in [3.8, 4) is 0 Å². The van der Waals surface area contributed by atoms with E-state index < -0.39 is 0 Å². The van der Waals surface area contributed by atoms with Crippen LogP contribution in [0.1, 0.15) is 23.4 Å². The van der Waals surface area contributed by atoms with Crippen molar-refractivity contribution in [3.05, 3.63) is 57.4 Å². The van der Waals surface area contributed by atoms with Crippen molar-refractivity contribution in [2.45, 2.75) is 19.9 Å². The van der Waals surface area contributed by atoms with Crippen LogP contribution in [0.15, 0.2) is 41.9 Å². The first-order chi connectivity index (χ1) is 9.66. The smallest absolute Gasteiger partial charge is 0.0752 e. The van der Waals surface area contributed by atoms with Crippen molar-refractivity contribution < 1.29 is 0 Å². The molecule has 2 aromatic heterocycles. The molecule has 0 saturated carbocycles. The molecule has 0 spiro atoms. The molecule has 2 heterocycles. The first kappa shape index (κ1) is 13.4. The van der Waals surface area contributed by atoms with Gasteiger partial charge in [-0.15, -0.1) is 11.3 Å². The van der Waals surface area contributed by atoms with E-state index in [-0.39, 0.29) is 6.04 Å². The van der Waals surface area contributed by atoms with Gasteiger partial charge in [0.05, 0.1) is 22.3 Å². The van der Waals surface area contributed by atoms with Crippen molar-refractivity contribution in [1.82, 2.24) is 4.98 Å². The van der Waals surface area contributed by atoms with Crippen molar-refractivity contribution in [2.24, 2.45) is 0 Å². The second-order valence-electron chi connectivity index (χ2n) is 4.83. The fourth-order valence-electron chi connectivity index (χ4n) is 2.35. The van der Waals surface area contributed by atoms with Gasteiger partial charge in [-0.2, -0.15) is 0 Å². The van der Waals surface area contributed by atoms with E-state index in [2.05, 4.69) is 40.8 Å². The third-order valence-corrected chi connectivity index (χ3v) is 4.72. The van der Waals surface area contributed by atoms with Gasteiger partial charge in [0.2, 0.25) is 0 Å². The summed E-state index contributed by atoms with van der Waals surface area (Å²) in [6.07, 6.45) is 1.82. The average Bonchev–Trinajstić information content (AvgIpc) is 2.97. The molecular weight excluding hydrogens is 288 g/mol. The SMILES string of the molecule is Cc1cc(Cl)c(NC(C)c2cccs2)c2cccnc12. The Kier molecular flexibility index (Phi) is 3.64. The first-order valence-corrected chi connectivity index (χ1v) is 7.76. The number of hydrogen-bond acceptors (Lipinski definition) is 3. The highest BCUT2D eigenvalue weighted by Gasteiger charge is 2.13. The predicted molar refractivity (Wildman–Crippen MR) is 87.8 cm³/mol. The molecule has 0 fully saturated rings. The molecule has 1 unspecified atom stereocenters. The molecule has 0 bridgehead atoms. The Bertz CT molecular complexity index is 738. The largest absolute Gasteiger partial charge is 0.376 e. The Morgan fingerprint density at radius 1 is 1.30 bits per heavy atom. The number of pyridine rings is 1. The number of fused-ring (bicyclic) bond motifs is 1. The minimum atomic E-state index is 0.221. The molecule has 0 aliphatic carbocycles. The second kappa shape index (κ2) is 5.43. The summed E-state index contributed by atoms with van der Waals surface area (Å²) in [5.41, 5.74) is 3.05. The van der Waals surface area contributed by atoms with Gasteiger partial charge in [0.25, 0.3) is 0 Å². The van der Waals surface area contributed by atoms with E-state index in [1.165, 1.54) is 4.88 Å². The Morgan fingerprint density at radius 2 is 2.15 bits per heavy atom. The highest BCUT2D eigenvalue weighted by atomic mass is 35.5. The summed E-state index contributed by atoms with van der Waals surface area (Å²) in [6.45, 7) is 4.18. The summed E-state index contributed by atoms with van der Waals surface area (Å²) < 4.78 is 0. The standard InChI is InChI=1S/C16H15ClN2S/c1-10-9-13(17)16(12-5-3-7-18-15(10)12)19-11(2)14-6-4-8-20-14/h3-9,11,19H,1-2H3. The predicted octanol–water partition coefficient (Wildman–Crippen LogP) is 5.43. The minimum absolute atomic E-state index is 0.221. The first-order valence-electron chi connectivity index (χ1n) is 6.50. The number of aryl methyl sites for hydroxylation is 1. The maximum Gasteiger partial charge on any atom is 0.0752 e. The van der Waals surface area contributed by atoms with E-state index in [0.29, 0.717) is 0 Å². The molecule has 0 amide bonds. The molecule has 3 aromatic rings. The number of aromatic nitrogens is 1. The van der Waals surface area contributed by atoms with Crippen LogP contribution in [-0.4, -0.2) is 4.98 Å². The zero-order chi connectivity index (χ0) is 14.1. The molecule has 1 N–H and O–H groups in total. The summed E-state index contributed by atoms with van der Waals surface area (Å²) in [4.78, 5) is 5.75. The third kappa shape index (κ3) is 2.39. The highest BCUT2D eigenvalue weighted by molar-refractivity contribution is 7.10. The van der Waals surface area contributed by atoms with Crippen molar-refractivity contribution in [1.29, 1.82) is 0 Å². The van der Waals surface area contributed by atoms with Gasteiger partial charge in [0.15, 0.2) is 0 Å². The lowest BCUT2D eigenvalue weighted by atomic mass is 10.1. The molecule has 0 aliphatic rings. The topological polar surface area (TPSA) is 24.9 Å². The molecule has 0 radical (unpaired) electrons. The molecule has 0 aliphatic heterocycles. The van der Waals surface area contributed by atoms with Crippen molar-refractivity contribution in [2.75, 3.05) is 5.32 Å². The van der Waals surface area contributed by atoms with Crippen molar-refractivity contribution >= 4 is 39.5 Å². The van der Waals surface area contributed by atoms with E-state index in [0.717, 1.165) is 27.2 Å². The van der Waals surface area contributed by atoms with E-state index >= 15 is 0 Å². The lowest BCUT2D eigenvalue weighted by molar-refractivity contribution is 0.910. The molecule has 0 saturated heterocycles. The van der Waals surface area contributed by atoms with Crippen LogP contribution in [0.4, 0.5) is 5.69 Å². The van der Waals surface area contributed by atoms with Gasteiger partial charge in [-0.25, -0.2) is 0 Å². The van der Waals surface area contributed by atoms with E-state index in [9.17, 15) is 0 Å². The molecule has 1 aromatic carbocycles. The number of nitrogens with zero attached hydrogens (tertiary/aromatic N) is 1. The summed E-state index contributed by atoms with van der Waals surface area (Å²) >= 11 is 8.17. The van der Waals surface area contributed by atoms with Gasteiger partial charge in [0, 0.05) is 16.5 Å². The van der Waals surface area contributed by atoms with Crippen LogP contribution in [-0.2, 0) is 0 Å². The lowest BCUT2D eigenvalue weighted by Crippen LogP contribution is -2.06. The second-order valence-corrected chi connectivity index (χ2v) is 6.22. The minimum Gasteiger partial charge on any atom is -0.376 e. The molecule has 2 nitrogen and oxygen atoms in total. The van der Waals surface area contributed by atoms with E-state index in [4.69, 9.17) is 11.6 Å². The highest BCUT2D eigenvalue weighted by Crippen LogP contribution is 2.35. The number of nitrogens with one attached hydrogen (secondary N) is 1. The summed E-state index contributed by atoms with van der Waals surface area (Å²) in [7, 11) is 0. The molecule has 3 rings (SSSR count). The number of anilines is 1. The van der Waals surface area contributed by atoms with Crippen LogP contribution >= 0.6 is 22.9 Å². The number of benzene rings is 1. The van der Waals surface area contributed by atoms with Crippen LogP contribution in [0.3, 0.4) is 0 Å². The maximum atomic E-state index is 6.43. The lowest BCUT2D eigenvalue weighted by Gasteiger charge is -2.18. The van der Waals surface area contributed by atoms with Crippen LogP contribution < -0.4 is 5.32 Å². The maximum absolute atomic E-state index is 6.43. The third-order valence-electron chi connectivity index (χ3n) is 3.36. The zero-order valence-electron chi connectivity index (χ0n) is 11.4. The number of thiophene rings is 1. The summed E-state index contributed by atoms with van der Waals surface area (Å²) in [5, 5.41) is 7.42. The zero-order valence-corrected chi connectivity index (χ0v) is 12.9.